The van der Waals surface area contributed by atoms with E-state index in [1.165, 1.54) is 42.6 Å². The zero-order valence-corrected chi connectivity index (χ0v) is 12.0. The molecule has 1 aliphatic rings. The van der Waals surface area contributed by atoms with Crippen LogP contribution in [0.3, 0.4) is 0 Å². The van der Waals surface area contributed by atoms with E-state index < -0.39 is 0 Å². The monoisotopic (exact) mass is 246 g/mol. The fourth-order valence-corrected chi connectivity index (χ4v) is 2.84. The van der Waals surface area contributed by atoms with E-state index in [9.17, 15) is 0 Å². The van der Waals surface area contributed by atoms with Crippen LogP contribution in [0.2, 0.25) is 0 Å². The Bertz CT molecular complexity index is 387. The molecule has 1 aromatic carbocycles. The molecule has 0 saturated carbocycles. The molecule has 1 heterocycles. The molecule has 0 aliphatic carbocycles. The Morgan fingerprint density at radius 3 is 2.94 bits per heavy atom. The molecule has 1 atom stereocenters. The van der Waals surface area contributed by atoms with Gasteiger partial charge in [0.25, 0.3) is 0 Å². The number of hydrogen-bond donors (Lipinski definition) is 1. The Labute approximate surface area is 111 Å². The van der Waals surface area contributed by atoms with Gasteiger partial charge in [0.05, 0.1) is 0 Å². The van der Waals surface area contributed by atoms with Gasteiger partial charge in [-0.1, -0.05) is 25.5 Å². The molecular weight excluding hydrogens is 220 g/mol. The molecule has 0 spiro atoms. The largest absolute Gasteiger partial charge is 0.370 e. The Morgan fingerprint density at radius 1 is 1.33 bits per heavy atom. The lowest BCUT2D eigenvalue weighted by Crippen LogP contribution is -2.37. The molecule has 0 bridgehead atoms. The van der Waals surface area contributed by atoms with Crippen molar-refractivity contribution in [2.24, 2.45) is 0 Å². The topological polar surface area (TPSA) is 15.3 Å². The zero-order valence-electron chi connectivity index (χ0n) is 12.0. The average Bonchev–Trinajstić information content (AvgIpc) is 2.59. The van der Waals surface area contributed by atoms with Crippen molar-refractivity contribution in [3.05, 3.63) is 29.3 Å². The highest BCUT2D eigenvalue weighted by molar-refractivity contribution is 5.56. The van der Waals surface area contributed by atoms with Crippen LogP contribution in [0, 0.1) is 13.8 Å². The summed E-state index contributed by atoms with van der Waals surface area (Å²) in [5.41, 5.74) is 4.27. The Kier molecular flexibility index (Phi) is 4.65. The first-order chi connectivity index (χ1) is 8.72. The van der Waals surface area contributed by atoms with Gasteiger partial charge in [-0.3, -0.25) is 0 Å². The minimum Gasteiger partial charge on any atom is -0.370 e. The van der Waals surface area contributed by atoms with Crippen LogP contribution < -0.4 is 10.2 Å². The molecule has 0 amide bonds. The summed E-state index contributed by atoms with van der Waals surface area (Å²) in [6.45, 7) is 10.2. The lowest BCUT2D eigenvalue weighted by Gasteiger charge is -2.28. The highest BCUT2D eigenvalue weighted by Gasteiger charge is 2.18. The molecule has 1 saturated heterocycles. The Hall–Kier alpha value is -1.02. The van der Waals surface area contributed by atoms with E-state index in [0.717, 1.165) is 13.1 Å². The Morgan fingerprint density at radius 2 is 2.17 bits per heavy atom. The van der Waals surface area contributed by atoms with Crippen molar-refractivity contribution >= 4 is 5.69 Å². The molecule has 1 N–H and O–H groups in total. The number of benzene rings is 1. The van der Waals surface area contributed by atoms with E-state index >= 15 is 0 Å². The van der Waals surface area contributed by atoms with Gasteiger partial charge in [-0.25, -0.2) is 0 Å². The summed E-state index contributed by atoms with van der Waals surface area (Å²) in [5.74, 6) is 0. The van der Waals surface area contributed by atoms with Crippen molar-refractivity contribution in [2.45, 2.75) is 46.1 Å². The normalized spacial score (nSPS) is 20.8. The summed E-state index contributed by atoms with van der Waals surface area (Å²) < 4.78 is 0. The highest BCUT2D eigenvalue weighted by atomic mass is 15.2. The van der Waals surface area contributed by atoms with Crippen molar-refractivity contribution in [1.82, 2.24) is 5.32 Å². The van der Waals surface area contributed by atoms with Gasteiger partial charge in [0.15, 0.2) is 0 Å². The van der Waals surface area contributed by atoms with Crippen LogP contribution in [-0.2, 0) is 0 Å². The molecule has 0 radical (unpaired) electrons. The van der Waals surface area contributed by atoms with Crippen molar-refractivity contribution in [1.29, 1.82) is 0 Å². The summed E-state index contributed by atoms with van der Waals surface area (Å²) >= 11 is 0. The van der Waals surface area contributed by atoms with Crippen LogP contribution in [0.5, 0.6) is 0 Å². The van der Waals surface area contributed by atoms with Crippen LogP contribution >= 0.6 is 0 Å². The molecular formula is C16H26N2. The number of nitrogens with zero attached hydrogens (tertiary/aromatic N) is 1. The third kappa shape index (κ3) is 3.05. The van der Waals surface area contributed by atoms with Gasteiger partial charge in [-0.15, -0.1) is 0 Å². The fraction of sp³-hybridized carbons (Fsp3) is 0.625. The standard InChI is InChI=1S/C16H26N2/c1-4-7-15-12-18(11-6-10-17-15)16-9-5-8-13(2)14(16)3/h5,8-9,15,17H,4,6-7,10-12H2,1-3H3. The van der Waals surface area contributed by atoms with E-state index in [4.69, 9.17) is 0 Å². The van der Waals surface area contributed by atoms with E-state index in [2.05, 4.69) is 49.2 Å². The summed E-state index contributed by atoms with van der Waals surface area (Å²) in [5, 5.41) is 3.67. The molecule has 2 heteroatoms. The maximum absolute atomic E-state index is 3.67. The van der Waals surface area contributed by atoms with Gasteiger partial charge >= 0.3 is 0 Å². The molecule has 1 unspecified atom stereocenters. The van der Waals surface area contributed by atoms with Crippen LogP contribution in [0.4, 0.5) is 5.69 Å². The van der Waals surface area contributed by atoms with Crippen LogP contribution in [0.15, 0.2) is 18.2 Å². The zero-order chi connectivity index (χ0) is 13.0. The average molecular weight is 246 g/mol. The lowest BCUT2D eigenvalue weighted by atomic mass is 10.1. The number of aryl methyl sites for hydroxylation is 1. The van der Waals surface area contributed by atoms with Gasteiger partial charge in [0.2, 0.25) is 0 Å². The maximum Gasteiger partial charge on any atom is 0.0399 e. The molecule has 1 aromatic rings. The number of nitrogens with one attached hydrogen (secondary N) is 1. The van der Waals surface area contributed by atoms with Crippen molar-refractivity contribution in [3.8, 4) is 0 Å². The molecule has 1 fully saturated rings. The molecule has 2 rings (SSSR count). The van der Waals surface area contributed by atoms with Gasteiger partial charge in [0.1, 0.15) is 0 Å². The quantitative estimate of drug-likeness (QED) is 0.880. The number of rotatable bonds is 3. The Balaban J connectivity index is 2.17. The predicted molar refractivity (Wildman–Crippen MR) is 79.4 cm³/mol. The van der Waals surface area contributed by atoms with E-state index in [1.54, 1.807) is 0 Å². The summed E-state index contributed by atoms with van der Waals surface area (Å²) in [7, 11) is 0. The van der Waals surface area contributed by atoms with Crippen LogP contribution in [0.1, 0.15) is 37.3 Å². The summed E-state index contributed by atoms with van der Waals surface area (Å²) in [6, 6.07) is 7.32. The van der Waals surface area contributed by atoms with E-state index in [1.807, 2.05) is 0 Å². The first-order valence-corrected chi connectivity index (χ1v) is 7.27. The second kappa shape index (κ2) is 6.24. The second-order valence-electron chi connectivity index (χ2n) is 5.46. The minimum absolute atomic E-state index is 0.650. The van der Waals surface area contributed by atoms with Crippen molar-refractivity contribution in [3.63, 3.8) is 0 Å². The number of anilines is 1. The highest BCUT2D eigenvalue weighted by Crippen LogP contribution is 2.24. The third-order valence-electron chi connectivity index (χ3n) is 4.03. The molecule has 100 valence electrons. The van der Waals surface area contributed by atoms with Gasteiger partial charge in [-0.05, 0) is 50.4 Å². The van der Waals surface area contributed by atoms with E-state index in [-0.39, 0.29) is 0 Å². The summed E-state index contributed by atoms with van der Waals surface area (Å²) in [6.07, 6.45) is 3.78. The van der Waals surface area contributed by atoms with Gasteiger partial charge in [0, 0.05) is 24.8 Å². The smallest absolute Gasteiger partial charge is 0.0399 e. The number of hydrogen-bond acceptors (Lipinski definition) is 2. The maximum atomic E-state index is 3.67. The van der Waals surface area contributed by atoms with Crippen LogP contribution in [-0.4, -0.2) is 25.7 Å². The lowest BCUT2D eigenvalue weighted by molar-refractivity contribution is 0.502. The van der Waals surface area contributed by atoms with Gasteiger partial charge in [-0.2, -0.15) is 0 Å². The fourth-order valence-electron chi connectivity index (χ4n) is 2.84. The predicted octanol–water partition coefficient (Wildman–Crippen LogP) is 3.27. The first-order valence-electron chi connectivity index (χ1n) is 7.27. The first kappa shape index (κ1) is 13.4. The van der Waals surface area contributed by atoms with E-state index in [0.29, 0.717) is 6.04 Å². The van der Waals surface area contributed by atoms with Crippen LogP contribution in [0.25, 0.3) is 0 Å². The molecule has 1 aliphatic heterocycles. The summed E-state index contributed by atoms with van der Waals surface area (Å²) in [4.78, 5) is 2.57. The minimum atomic E-state index is 0.650. The second-order valence-corrected chi connectivity index (χ2v) is 5.46. The van der Waals surface area contributed by atoms with Crippen molar-refractivity contribution < 1.29 is 0 Å². The SMILES string of the molecule is CCCC1CN(c2cccc(C)c2C)CCCN1. The molecule has 0 aromatic heterocycles. The van der Waals surface area contributed by atoms with Crippen molar-refractivity contribution in [2.75, 3.05) is 24.5 Å². The third-order valence-corrected chi connectivity index (χ3v) is 4.03. The molecule has 18 heavy (non-hydrogen) atoms. The molecule has 2 nitrogen and oxygen atoms in total. The van der Waals surface area contributed by atoms with Gasteiger partial charge < -0.3 is 10.2 Å².